The molecule has 0 aliphatic heterocycles. The van der Waals surface area contributed by atoms with Crippen molar-refractivity contribution in [3.63, 3.8) is 0 Å². The number of thioether (sulfide) groups is 1. The molecule has 0 bridgehead atoms. The molecule has 5 heteroatoms. The van der Waals surface area contributed by atoms with E-state index in [-0.39, 0.29) is 6.61 Å². The van der Waals surface area contributed by atoms with E-state index in [9.17, 15) is 0 Å². The number of fused-ring (bicyclic) bond motifs is 1. The molecule has 108 valence electrons. The van der Waals surface area contributed by atoms with Crippen molar-refractivity contribution in [2.75, 3.05) is 18.6 Å². The molecule has 0 spiro atoms. The number of halogens is 1. The molecular formula is C15H19ClN2OS. The molecule has 20 heavy (non-hydrogen) atoms. The van der Waals surface area contributed by atoms with Crippen LogP contribution in [-0.2, 0) is 6.54 Å². The summed E-state index contributed by atoms with van der Waals surface area (Å²) in [4.78, 5) is 4.43. The van der Waals surface area contributed by atoms with E-state index in [0.29, 0.717) is 6.04 Å². The molecule has 0 radical (unpaired) electrons. The first-order valence-corrected chi connectivity index (χ1v) is 8.38. The first-order chi connectivity index (χ1) is 9.76. The summed E-state index contributed by atoms with van der Waals surface area (Å²) >= 11 is 7.97. The van der Waals surface area contributed by atoms with Crippen molar-refractivity contribution in [2.45, 2.75) is 19.0 Å². The number of aliphatic hydroxyl groups excluding tert-OH is 1. The van der Waals surface area contributed by atoms with Gasteiger partial charge in [0.2, 0.25) is 0 Å². The number of aromatic nitrogens is 1. The minimum absolute atomic E-state index is 0.206. The number of nitrogens with one attached hydrogen (secondary N) is 1. The van der Waals surface area contributed by atoms with Gasteiger partial charge in [0.1, 0.15) is 0 Å². The third kappa shape index (κ3) is 3.85. The van der Waals surface area contributed by atoms with E-state index in [1.807, 2.05) is 24.3 Å². The zero-order chi connectivity index (χ0) is 14.4. The van der Waals surface area contributed by atoms with Gasteiger partial charge in [-0.1, -0.05) is 17.7 Å². The normalized spacial score (nSPS) is 12.8. The number of hydrogen-bond acceptors (Lipinski definition) is 4. The van der Waals surface area contributed by atoms with Gasteiger partial charge in [0, 0.05) is 41.6 Å². The maximum atomic E-state index is 9.09. The number of pyridine rings is 1. The first kappa shape index (κ1) is 15.6. The van der Waals surface area contributed by atoms with Crippen molar-refractivity contribution in [1.82, 2.24) is 10.3 Å². The lowest BCUT2D eigenvalue weighted by Crippen LogP contribution is -2.31. The Bertz CT molecular complexity index is 559. The molecule has 2 N–H and O–H groups in total. The van der Waals surface area contributed by atoms with Crippen molar-refractivity contribution in [2.24, 2.45) is 0 Å². The Morgan fingerprint density at radius 2 is 2.25 bits per heavy atom. The molecule has 2 rings (SSSR count). The van der Waals surface area contributed by atoms with Crippen LogP contribution in [0, 0.1) is 0 Å². The molecule has 2 aromatic rings. The topological polar surface area (TPSA) is 45.1 Å². The Labute approximate surface area is 128 Å². The summed E-state index contributed by atoms with van der Waals surface area (Å²) in [6, 6.07) is 8.12. The molecule has 0 saturated carbocycles. The van der Waals surface area contributed by atoms with Crippen LogP contribution in [0.2, 0.25) is 5.02 Å². The number of nitrogens with zero attached hydrogens (tertiary/aromatic N) is 1. The van der Waals surface area contributed by atoms with Crippen LogP contribution >= 0.6 is 23.4 Å². The zero-order valence-corrected chi connectivity index (χ0v) is 13.0. The zero-order valence-electron chi connectivity index (χ0n) is 11.5. The van der Waals surface area contributed by atoms with Crippen molar-refractivity contribution >= 4 is 34.3 Å². The number of hydrogen-bond donors (Lipinski definition) is 2. The van der Waals surface area contributed by atoms with Crippen LogP contribution in [0.3, 0.4) is 0 Å². The van der Waals surface area contributed by atoms with Crippen LogP contribution in [0.4, 0.5) is 0 Å². The standard InChI is InChI=1S/C15H19ClN2OS/c1-20-10-12(6-8-19)18-9-11-4-5-14(16)13-3-2-7-17-15(11)13/h2-5,7,12,18-19H,6,8-10H2,1H3. The van der Waals surface area contributed by atoms with E-state index >= 15 is 0 Å². The molecule has 1 aromatic heterocycles. The summed E-state index contributed by atoms with van der Waals surface area (Å²) in [6.45, 7) is 0.938. The average Bonchev–Trinajstić information content (AvgIpc) is 2.47. The van der Waals surface area contributed by atoms with E-state index < -0.39 is 0 Å². The summed E-state index contributed by atoms with van der Waals surface area (Å²) < 4.78 is 0. The van der Waals surface area contributed by atoms with Gasteiger partial charge in [0.25, 0.3) is 0 Å². The third-order valence-electron chi connectivity index (χ3n) is 3.23. The second kappa shape index (κ2) is 7.84. The molecule has 1 aromatic carbocycles. The molecule has 1 atom stereocenters. The van der Waals surface area contributed by atoms with Gasteiger partial charge in [-0.2, -0.15) is 11.8 Å². The van der Waals surface area contributed by atoms with Gasteiger partial charge in [0.15, 0.2) is 0 Å². The van der Waals surface area contributed by atoms with Gasteiger partial charge in [-0.15, -0.1) is 0 Å². The highest BCUT2D eigenvalue weighted by atomic mass is 35.5. The summed E-state index contributed by atoms with van der Waals surface area (Å²) in [6.07, 6.45) is 4.63. The van der Waals surface area contributed by atoms with Crippen molar-refractivity contribution < 1.29 is 5.11 Å². The van der Waals surface area contributed by atoms with E-state index in [1.165, 1.54) is 0 Å². The smallest absolute Gasteiger partial charge is 0.0761 e. The van der Waals surface area contributed by atoms with Gasteiger partial charge in [-0.3, -0.25) is 4.98 Å². The van der Waals surface area contributed by atoms with Crippen LogP contribution in [0.25, 0.3) is 10.9 Å². The Hall–Kier alpha value is -0.810. The van der Waals surface area contributed by atoms with E-state index in [1.54, 1.807) is 18.0 Å². The maximum Gasteiger partial charge on any atom is 0.0761 e. The third-order valence-corrected chi connectivity index (χ3v) is 4.29. The number of benzene rings is 1. The molecule has 0 aliphatic rings. The molecular weight excluding hydrogens is 292 g/mol. The molecule has 1 heterocycles. The van der Waals surface area contributed by atoms with Gasteiger partial charge < -0.3 is 10.4 Å². The van der Waals surface area contributed by atoms with Crippen LogP contribution in [0.1, 0.15) is 12.0 Å². The molecule has 0 fully saturated rings. The Balaban J connectivity index is 2.15. The molecule has 3 nitrogen and oxygen atoms in total. The van der Waals surface area contributed by atoms with Gasteiger partial charge in [-0.05, 0) is 36.4 Å². The molecule has 0 amide bonds. The Kier molecular flexibility index (Phi) is 6.10. The predicted molar refractivity (Wildman–Crippen MR) is 87.5 cm³/mol. The second-order valence-electron chi connectivity index (χ2n) is 4.65. The maximum absolute atomic E-state index is 9.09. The summed E-state index contributed by atoms with van der Waals surface area (Å²) in [5.41, 5.74) is 2.08. The van der Waals surface area contributed by atoms with E-state index in [4.69, 9.17) is 16.7 Å². The molecule has 0 saturated heterocycles. The number of rotatable bonds is 7. The fraction of sp³-hybridized carbons (Fsp3) is 0.400. The largest absolute Gasteiger partial charge is 0.396 e. The Morgan fingerprint density at radius 1 is 1.40 bits per heavy atom. The van der Waals surface area contributed by atoms with Crippen LogP contribution in [0.5, 0.6) is 0 Å². The van der Waals surface area contributed by atoms with Gasteiger partial charge in [0.05, 0.1) is 5.52 Å². The summed E-state index contributed by atoms with van der Waals surface area (Å²) in [7, 11) is 0. The lowest BCUT2D eigenvalue weighted by atomic mass is 10.1. The monoisotopic (exact) mass is 310 g/mol. The van der Waals surface area contributed by atoms with Crippen molar-refractivity contribution in [3.8, 4) is 0 Å². The minimum Gasteiger partial charge on any atom is -0.396 e. The average molecular weight is 311 g/mol. The number of aliphatic hydroxyl groups is 1. The SMILES string of the molecule is CSCC(CCO)NCc1ccc(Cl)c2cccnc12. The van der Waals surface area contributed by atoms with Gasteiger partial charge in [-0.25, -0.2) is 0 Å². The van der Waals surface area contributed by atoms with Crippen molar-refractivity contribution in [3.05, 3.63) is 41.0 Å². The highest BCUT2D eigenvalue weighted by Gasteiger charge is 2.09. The second-order valence-corrected chi connectivity index (χ2v) is 5.97. The minimum atomic E-state index is 0.206. The van der Waals surface area contributed by atoms with Crippen LogP contribution in [-0.4, -0.2) is 34.7 Å². The summed E-state index contributed by atoms with van der Waals surface area (Å²) in [5, 5.41) is 14.3. The van der Waals surface area contributed by atoms with E-state index in [2.05, 4.69) is 16.6 Å². The van der Waals surface area contributed by atoms with Crippen LogP contribution < -0.4 is 5.32 Å². The highest BCUT2D eigenvalue weighted by molar-refractivity contribution is 7.98. The fourth-order valence-electron chi connectivity index (χ4n) is 2.19. The highest BCUT2D eigenvalue weighted by Crippen LogP contribution is 2.24. The summed E-state index contributed by atoms with van der Waals surface area (Å²) in [5.74, 6) is 0.986. The first-order valence-electron chi connectivity index (χ1n) is 6.61. The lowest BCUT2D eigenvalue weighted by Gasteiger charge is -2.17. The van der Waals surface area contributed by atoms with Crippen LogP contribution in [0.15, 0.2) is 30.5 Å². The fourth-order valence-corrected chi connectivity index (χ4v) is 3.10. The Morgan fingerprint density at radius 3 is 3.00 bits per heavy atom. The molecule has 1 unspecified atom stereocenters. The quantitative estimate of drug-likeness (QED) is 0.825. The van der Waals surface area contributed by atoms with Gasteiger partial charge >= 0.3 is 0 Å². The van der Waals surface area contributed by atoms with E-state index in [0.717, 1.165) is 40.2 Å². The lowest BCUT2D eigenvalue weighted by molar-refractivity contribution is 0.270. The predicted octanol–water partition coefficient (Wildman–Crippen LogP) is 3.09. The molecule has 0 aliphatic carbocycles. The van der Waals surface area contributed by atoms with Crippen molar-refractivity contribution in [1.29, 1.82) is 0 Å².